The van der Waals surface area contributed by atoms with E-state index in [-0.39, 0.29) is 6.10 Å². The number of nitrogens with one attached hydrogen (secondary N) is 2. The van der Waals surface area contributed by atoms with Crippen molar-refractivity contribution in [2.75, 3.05) is 30.8 Å². The summed E-state index contributed by atoms with van der Waals surface area (Å²) in [6, 6.07) is 1.83. The molecule has 1 heterocycles. The first-order valence-corrected chi connectivity index (χ1v) is 5.08. The van der Waals surface area contributed by atoms with E-state index in [4.69, 9.17) is 4.74 Å². The van der Waals surface area contributed by atoms with Crippen LogP contribution in [0, 0.1) is 0 Å². The van der Waals surface area contributed by atoms with Crippen LogP contribution in [0.3, 0.4) is 0 Å². The Labute approximate surface area is 90.3 Å². The maximum absolute atomic E-state index is 5.40. The molecule has 15 heavy (non-hydrogen) atoms. The second-order valence-corrected chi connectivity index (χ2v) is 3.36. The molecule has 0 spiro atoms. The van der Waals surface area contributed by atoms with Gasteiger partial charge in [-0.2, -0.15) is 4.98 Å². The van der Waals surface area contributed by atoms with Crippen molar-refractivity contribution in [1.82, 2.24) is 9.97 Å². The van der Waals surface area contributed by atoms with Gasteiger partial charge in [0.25, 0.3) is 0 Å². The Bertz CT molecular complexity index is 291. The molecule has 0 bridgehead atoms. The third kappa shape index (κ3) is 4.60. The van der Waals surface area contributed by atoms with Gasteiger partial charge in [0.1, 0.15) is 5.82 Å². The summed E-state index contributed by atoms with van der Waals surface area (Å²) in [6.45, 7) is 5.46. The summed E-state index contributed by atoms with van der Waals surface area (Å²) in [5.41, 5.74) is 0. The monoisotopic (exact) mass is 210 g/mol. The fourth-order valence-corrected chi connectivity index (χ4v) is 1.05. The lowest BCUT2D eigenvalue weighted by atomic mass is 10.5. The third-order valence-corrected chi connectivity index (χ3v) is 1.74. The summed E-state index contributed by atoms with van der Waals surface area (Å²) in [5, 5.41) is 6.04. The molecule has 0 amide bonds. The number of ether oxygens (including phenoxy) is 1. The molecule has 0 aliphatic rings. The highest BCUT2D eigenvalue weighted by Crippen LogP contribution is 2.04. The molecular weight excluding hydrogens is 192 g/mol. The Morgan fingerprint density at radius 2 is 2.27 bits per heavy atom. The fourth-order valence-electron chi connectivity index (χ4n) is 1.05. The van der Waals surface area contributed by atoms with Crippen LogP contribution in [0.5, 0.6) is 0 Å². The summed E-state index contributed by atoms with van der Waals surface area (Å²) in [6.07, 6.45) is 1.98. The third-order valence-electron chi connectivity index (χ3n) is 1.74. The van der Waals surface area contributed by atoms with Crippen LogP contribution < -0.4 is 10.6 Å². The Kier molecular flexibility index (Phi) is 4.83. The van der Waals surface area contributed by atoms with Crippen LogP contribution in [-0.2, 0) is 4.74 Å². The van der Waals surface area contributed by atoms with Crippen molar-refractivity contribution in [2.24, 2.45) is 0 Å². The Morgan fingerprint density at radius 1 is 1.47 bits per heavy atom. The lowest BCUT2D eigenvalue weighted by Crippen LogP contribution is -2.14. The van der Waals surface area contributed by atoms with E-state index in [2.05, 4.69) is 20.6 Å². The SMILES string of the molecule is CNc1nccc(NCCOC(C)C)n1. The van der Waals surface area contributed by atoms with E-state index in [1.807, 2.05) is 19.9 Å². The molecule has 1 rings (SSSR count). The molecule has 1 aromatic rings. The molecule has 0 aromatic carbocycles. The minimum atomic E-state index is 0.269. The fraction of sp³-hybridized carbons (Fsp3) is 0.600. The van der Waals surface area contributed by atoms with Crippen LogP contribution in [0.25, 0.3) is 0 Å². The molecule has 0 unspecified atom stereocenters. The average Bonchev–Trinajstić information content (AvgIpc) is 2.24. The molecule has 0 atom stereocenters. The topological polar surface area (TPSA) is 59.1 Å². The average molecular weight is 210 g/mol. The van der Waals surface area contributed by atoms with E-state index in [1.54, 1.807) is 13.2 Å². The first-order chi connectivity index (χ1) is 7.22. The predicted octanol–water partition coefficient (Wildman–Crippen LogP) is 1.36. The lowest BCUT2D eigenvalue weighted by molar-refractivity contribution is 0.0870. The van der Waals surface area contributed by atoms with Gasteiger partial charge in [-0.15, -0.1) is 0 Å². The maximum Gasteiger partial charge on any atom is 0.224 e. The predicted molar refractivity (Wildman–Crippen MR) is 61.2 cm³/mol. The molecule has 0 saturated carbocycles. The number of nitrogens with zero attached hydrogens (tertiary/aromatic N) is 2. The summed E-state index contributed by atoms with van der Waals surface area (Å²) in [7, 11) is 1.79. The van der Waals surface area contributed by atoms with Gasteiger partial charge in [0.2, 0.25) is 5.95 Å². The molecule has 5 nitrogen and oxygen atoms in total. The summed E-state index contributed by atoms with van der Waals surface area (Å²) in [4.78, 5) is 8.24. The zero-order valence-electron chi connectivity index (χ0n) is 9.45. The highest BCUT2D eigenvalue weighted by Gasteiger charge is 1.97. The van der Waals surface area contributed by atoms with Gasteiger partial charge in [0.05, 0.1) is 12.7 Å². The van der Waals surface area contributed by atoms with Crippen molar-refractivity contribution in [1.29, 1.82) is 0 Å². The molecule has 0 aliphatic carbocycles. The standard InChI is InChI=1S/C10H18N4O/c1-8(2)15-7-6-12-9-4-5-13-10(11-3)14-9/h4-5,8H,6-7H2,1-3H3,(H2,11,12,13,14). The summed E-state index contributed by atoms with van der Waals surface area (Å²) in [5.74, 6) is 1.42. The largest absolute Gasteiger partial charge is 0.377 e. The normalized spacial score (nSPS) is 10.4. The van der Waals surface area contributed by atoms with E-state index in [1.165, 1.54) is 0 Å². The van der Waals surface area contributed by atoms with Crippen molar-refractivity contribution in [3.63, 3.8) is 0 Å². The number of rotatable bonds is 6. The molecular formula is C10H18N4O. The van der Waals surface area contributed by atoms with Crippen LogP contribution >= 0.6 is 0 Å². The van der Waals surface area contributed by atoms with Gasteiger partial charge < -0.3 is 15.4 Å². The lowest BCUT2D eigenvalue weighted by Gasteiger charge is -2.09. The highest BCUT2D eigenvalue weighted by molar-refractivity contribution is 5.38. The maximum atomic E-state index is 5.40. The van der Waals surface area contributed by atoms with Crippen molar-refractivity contribution >= 4 is 11.8 Å². The zero-order valence-corrected chi connectivity index (χ0v) is 9.45. The van der Waals surface area contributed by atoms with Gasteiger partial charge in [0, 0.05) is 19.8 Å². The number of hydrogen-bond acceptors (Lipinski definition) is 5. The number of hydrogen-bond donors (Lipinski definition) is 2. The molecule has 0 aliphatic heterocycles. The molecule has 1 aromatic heterocycles. The van der Waals surface area contributed by atoms with Gasteiger partial charge in [-0.1, -0.05) is 0 Å². The molecule has 0 saturated heterocycles. The van der Waals surface area contributed by atoms with E-state index in [9.17, 15) is 0 Å². The molecule has 0 fully saturated rings. The zero-order chi connectivity index (χ0) is 11.1. The molecule has 0 radical (unpaired) electrons. The summed E-state index contributed by atoms with van der Waals surface area (Å²) >= 11 is 0. The Balaban J connectivity index is 2.30. The van der Waals surface area contributed by atoms with E-state index < -0.39 is 0 Å². The minimum absolute atomic E-state index is 0.269. The number of anilines is 2. The smallest absolute Gasteiger partial charge is 0.224 e. The minimum Gasteiger partial charge on any atom is -0.377 e. The van der Waals surface area contributed by atoms with Crippen LogP contribution in [0.15, 0.2) is 12.3 Å². The van der Waals surface area contributed by atoms with Crippen molar-refractivity contribution < 1.29 is 4.74 Å². The van der Waals surface area contributed by atoms with Crippen molar-refractivity contribution in [3.05, 3.63) is 12.3 Å². The second kappa shape index (κ2) is 6.19. The van der Waals surface area contributed by atoms with Crippen LogP contribution in [0.4, 0.5) is 11.8 Å². The quantitative estimate of drug-likeness (QED) is 0.694. The van der Waals surface area contributed by atoms with Crippen molar-refractivity contribution in [3.8, 4) is 0 Å². The Hall–Kier alpha value is -1.36. The Morgan fingerprint density at radius 3 is 2.93 bits per heavy atom. The summed E-state index contributed by atoms with van der Waals surface area (Å²) < 4.78 is 5.40. The van der Waals surface area contributed by atoms with Crippen LogP contribution in [-0.4, -0.2) is 36.3 Å². The van der Waals surface area contributed by atoms with Crippen LogP contribution in [0.1, 0.15) is 13.8 Å². The number of aromatic nitrogens is 2. The van der Waals surface area contributed by atoms with Gasteiger partial charge >= 0.3 is 0 Å². The van der Waals surface area contributed by atoms with Gasteiger partial charge in [-0.25, -0.2) is 4.98 Å². The molecule has 5 heteroatoms. The van der Waals surface area contributed by atoms with Gasteiger partial charge in [-0.05, 0) is 19.9 Å². The van der Waals surface area contributed by atoms with E-state index in [0.29, 0.717) is 12.6 Å². The van der Waals surface area contributed by atoms with Crippen LogP contribution in [0.2, 0.25) is 0 Å². The van der Waals surface area contributed by atoms with E-state index >= 15 is 0 Å². The first-order valence-electron chi connectivity index (χ1n) is 5.08. The van der Waals surface area contributed by atoms with E-state index in [0.717, 1.165) is 12.4 Å². The van der Waals surface area contributed by atoms with Crippen molar-refractivity contribution in [2.45, 2.75) is 20.0 Å². The van der Waals surface area contributed by atoms with Gasteiger partial charge in [0.15, 0.2) is 0 Å². The second-order valence-electron chi connectivity index (χ2n) is 3.36. The molecule has 84 valence electrons. The van der Waals surface area contributed by atoms with Gasteiger partial charge in [-0.3, -0.25) is 0 Å². The molecule has 2 N–H and O–H groups in total. The first kappa shape index (κ1) is 11.7. The highest BCUT2D eigenvalue weighted by atomic mass is 16.5.